The molecule has 140 valence electrons. The van der Waals surface area contributed by atoms with Crippen LogP contribution in [0.3, 0.4) is 0 Å². The highest BCUT2D eigenvalue weighted by Gasteiger charge is 2.59. The molecule has 0 spiro atoms. The van der Waals surface area contributed by atoms with Gasteiger partial charge in [-0.2, -0.15) is 13.8 Å². The molecule has 9 nitrogen and oxygen atoms in total. The molecule has 1 aliphatic rings. The molecular formula is C14H20F2N4O5. The second-order valence-electron chi connectivity index (χ2n) is 6.09. The SMILES string of the molecule is CC(C)[C@H](N)C(=O)Nc1ccn([C@@H]2O[C@H](CO)[C@@H](O)C2(F)F)c(=O)n1. The topological polar surface area (TPSA) is 140 Å². The first-order chi connectivity index (χ1) is 11.6. The number of nitrogens with two attached hydrogens (primary N) is 1. The monoisotopic (exact) mass is 362 g/mol. The number of carbonyl (C=O) groups excluding carboxylic acids is 1. The van der Waals surface area contributed by atoms with Crippen molar-refractivity contribution < 1.29 is 28.5 Å². The van der Waals surface area contributed by atoms with Crippen LogP contribution >= 0.6 is 0 Å². The van der Waals surface area contributed by atoms with Crippen LogP contribution in [0, 0.1) is 5.92 Å². The predicted octanol–water partition coefficient (Wildman–Crippen LogP) is -0.949. The molecule has 0 saturated carbocycles. The summed E-state index contributed by atoms with van der Waals surface area (Å²) in [6.07, 6.45) is -4.97. The van der Waals surface area contributed by atoms with Crippen LogP contribution in [0.4, 0.5) is 14.6 Å². The Bertz CT molecular complexity index is 696. The number of alkyl halides is 2. The smallest absolute Gasteiger partial charge is 0.351 e. The van der Waals surface area contributed by atoms with Gasteiger partial charge in [0.2, 0.25) is 12.1 Å². The van der Waals surface area contributed by atoms with E-state index in [0.717, 1.165) is 12.3 Å². The third-order valence-electron chi connectivity index (χ3n) is 3.91. The summed E-state index contributed by atoms with van der Waals surface area (Å²) in [4.78, 5) is 27.4. The van der Waals surface area contributed by atoms with Crippen molar-refractivity contribution in [3.8, 4) is 0 Å². The first kappa shape index (κ1) is 19.4. The maximum atomic E-state index is 14.1. The van der Waals surface area contributed by atoms with E-state index in [1.165, 1.54) is 0 Å². The Kier molecular flexibility index (Phi) is 5.52. The third kappa shape index (κ3) is 3.68. The Morgan fingerprint density at radius 2 is 2.20 bits per heavy atom. The number of aromatic nitrogens is 2. The molecule has 2 heterocycles. The molecule has 1 aliphatic heterocycles. The number of nitrogens with one attached hydrogen (secondary N) is 1. The summed E-state index contributed by atoms with van der Waals surface area (Å²) in [6.45, 7) is 2.63. The van der Waals surface area contributed by atoms with Gasteiger partial charge < -0.3 is 26.0 Å². The van der Waals surface area contributed by atoms with Crippen LogP contribution in [-0.2, 0) is 9.53 Å². The van der Waals surface area contributed by atoms with Crippen molar-refractivity contribution in [2.24, 2.45) is 11.7 Å². The van der Waals surface area contributed by atoms with Crippen LogP contribution < -0.4 is 16.7 Å². The van der Waals surface area contributed by atoms with Crippen molar-refractivity contribution in [1.82, 2.24) is 9.55 Å². The number of aliphatic hydroxyl groups excluding tert-OH is 2. The number of nitrogens with zero attached hydrogens (tertiary/aromatic N) is 2. The Balaban J connectivity index is 2.23. The van der Waals surface area contributed by atoms with Crippen LogP contribution in [0.5, 0.6) is 0 Å². The number of amides is 1. The van der Waals surface area contributed by atoms with Crippen LogP contribution in [0.1, 0.15) is 20.1 Å². The molecule has 2 rings (SSSR count). The number of aliphatic hydroxyl groups is 2. The molecule has 1 saturated heterocycles. The van der Waals surface area contributed by atoms with Gasteiger partial charge in [-0.1, -0.05) is 13.8 Å². The van der Waals surface area contributed by atoms with Crippen LogP contribution in [0.15, 0.2) is 17.1 Å². The molecule has 0 aliphatic carbocycles. The number of carbonyl (C=O) groups is 1. The van der Waals surface area contributed by atoms with E-state index < -0.39 is 48.6 Å². The second-order valence-corrected chi connectivity index (χ2v) is 6.09. The van der Waals surface area contributed by atoms with E-state index in [4.69, 9.17) is 15.6 Å². The second kappa shape index (κ2) is 7.12. The zero-order valence-corrected chi connectivity index (χ0v) is 13.6. The minimum Gasteiger partial charge on any atom is -0.394 e. The van der Waals surface area contributed by atoms with Crippen molar-refractivity contribution in [1.29, 1.82) is 0 Å². The Labute approximate surface area is 141 Å². The van der Waals surface area contributed by atoms with Gasteiger partial charge in [0.25, 0.3) is 0 Å². The number of halogens is 2. The van der Waals surface area contributed by atoms with Gasteiger partial charge in [-0.3, -0.25) is 9.36 Å². The molecule has 1 fully saturated rings. The number of ether oxygens (including phenoxy) is 1. The summed E-state index contributed by atoms with van der Waals surface area (Å²) >= 11 is 0. The van der Waals surface area contributed by atoms with Gasteiger partial charge in [-0.15, -0.1) is 0 Å². The highest BCUT2D eigenvalue weighted by molar-refractivity contribution is 5.93. The molecule has 1 aromatic heterocycles. The molecule has 11 heteroatoms. The normalized spacial score (nSPS) is 26.6. The van der Waals surface area contributed by atoms with E-state index in [1.807, 2.05) is 0 Å². The zero-order valence-electron chi connectivity index (χ0n) is 13.6. The van der Waals surface area contributed by atoms with E-state index in [-0.39, 0.29) is 11.7 Å². The lowest BCUT2D eigenvalue weighted by atomic mass is 10.1. The van der Waals surface area contributed by atoms with E-state index in [9.17, 15) is 23.5 Å². The van der Waals surface area contributed by atoms with Crippen molar-refractivity contribution in [3.05, 3.63) is 22.7 Å². The van der Waals surface area contributed by atoms with Gasteiger partial charge in [0.05, 0.1) is 12.6 Å². The van der Waals surface area contributed by atoms with E-state index in [1.54, 1.807) is 13.8 Å². The number of anilines is 1. The molecule has 25 heavy (non-hydrogen) atoms. The molecule has 4 atom stereocenters. The van der Waals surface area contributed by atoms with E-state index >= 15 is 0 Å². The summed E-state index contributed by atoms with van der Waals surface area (Å²) < 4.78 is 33.4. The molecule has 0 radical (unpaired) electrons. The average Bonchev–Trinajstić information content (AvgIpc) is 2.77. The third-order valence-corrected chi connectivity index (χ3v) is 3.91. The first-order valence-electron chi connectivity index (χ1n) is 7.57. The Morgan fingerprint density at radius 1 is 1.56 bits per heavy atom. The van der Waals surface area contributed by atoms with Crippen molar-refractivity contribution in [3.63, 3.8) is 0 Å². The fourth-order valence-electron chi connectivity index (χ4n) is 2.29. The largest absolute Gasteiger partial charge is 0.394 e. The predicted molar refractivity (Wildman–Crippen MR) is 81.9 cm³/mol. The standard InChI is InChI=1S/C14H20F2N4O5/c1-6(2)9(17)11(23)18-8-3-4-20(13(24)19-8)12-14(15,16)10(22)7(5-21)25-12/h3-4,6-7,9-10,12,21-22H,5,17H2,1-2H3,(H,18,19,23,24)/t7-,9+,10-,12-/m1/s1. The molecule has 5 N–H and O–H groups in total. The van der Waals surface area contributed by atoms with Gasteiger partial charge in [-0.05, 0) is 12.0 Å². The Hall–Kier alpha value is -1.95. The summed E-state index contributed by atoms with van der Waals surface area (Å²) in [6, 6.07) is 0.303. The van der Waals surface area contributed by atoms with Gasteiger partial charge >= 0.3 is 11.6 Å². The summed E-state index contributed by atoms with van der Waals surface area (Å²) in [5, 5.41) is 20.8. The first-order valence-corrected chi connectivity index (χ1v) is 7.57. The summed E-state index contributed by atoms with van der Waals surface area (Å²) in [5.41, 5.74) is 4.54. The number of hydrogen-bond donors (Lipinski definition) is 4. The highest BCUT2D eigenvalue weighted by Crippen LogP contribution is 2.41. The van der Waals surface area contributed by atoms with E-state index in [0.29, 0.717) is 4.57 Å². The van der Waals surface area contributed by atoms with E-state index in [2.05, 4.69) is 10.3 Å². The molecular weight excluding hydrogens is 342 g/mol. The maximum absolute atomic E-state index is 14.1. The molecule has 0 unspecified atom stereocenters. The lowest BCUT2D eigenvalue weighted by Crippen LogP contribution is -2.42. The highest BCUT2D eigenvalue weighted by atomic mass is 19.3. The molecule has 1 amide bonds. The van der Waals surface area contributed by atoms with Gasteiger partial charge in [-0.25, -0.2) is 4.79 Å². The number of hydrogen-bond acceptors (Lipinski definition) is 7. The summed E-state index contributed by atoms with van der Waals surface area (Å²) in [5.74, 6) is -4.67. The minimum absolute atomic E-state index is 0.150. The Morgan fingerprint density at radius 3 is 2.68 bits per heavy atom. The van der Waals surface area contributed by atoms with Gasteiger partial charge in [0.15, 0.2) is 6.10 Å². The maximum Gasteiger partial charge on any atom is 0.351 e. The molecule has 0 bridgehead atoms. The molecule has 0 aromatic carbocycles. The van der Waals surface area contributed by atoms with Crippen LogP contribution in [-0.4, -0.2) is 56.5 Å². The van der Waals surface area contributed by atoms with Crippen molar-refractivity contribution >= 4 is 11.7 Å². The van der Waals surface area contributed by atoms with Crippen molar-refractivity contribution in [2.45, 2.75) is 44.2 Å². The van der Waals surface area contributed by atoms with Crippen molar-refractivity contribution in [2.75, 3.05) is 11.9 Å². The summed E-state index contributed by atoms with van der Waals surface area (Å²) in [7, 11) is 0. The van der Waals surface area contributed by atoms with Crippen LogP contribution in [0.2, 0.25) is 0 Å². The molecule has 1 aromatic rings. The quantitative estimate of drug-likeness (QED) is 0.529. The fourth-order valence-corrected chi connectivity index (χ4v) is 2.29. The van der Waals surface area contributed by atoms with Crippen LogP contribution in [0.25, 0.3) is 0 Å². The zero-order chi connectivity index (χ0) is 18.9. The minimum atomic E-state index is -3.80. The van der Waals surface area contributed by atoms with Gasteiger partial charge in [0, 0.05) is 6.20 Å². The lowest BCUT2D eigenvalue weighted by Gasteiger charge is -2.21. The fraction of sp³-hybridized carbons (Fsp3) is 0.643. The van der Waals surface area contributed by atoms with Gasteiger partial charge in [0.1, 0.15) is 11.9 Å². The average molecular weight is 362 g/mol. The lowest BCUT2D eigenvalue weighted by molar-refractivity contribution is -0.141. The number of rotatable bonds is 5.